The highest BCUT2D eigenvalue weighted by Gasteiger charge is 2.31. The summed E-state index contributed by atoms with van der Waals surface area (Å²) in [5, 5.41) is 2.39. The summed E-state index contributed by atoms with van der Waals surface area (Å²) in [6, 6.07) is 6.02. The molecule has 2 rings (SSSR count). The SMILES string of the molecule is CCCCN(C)c1ccc(C(=O)Nc2cc(C(F)(F)F)ccc2Cl)nc1. The predicted molar refractivity (Wildman–Crippen MR) is 96.8 cm³/mol. The lowest BCUT2D eigenvalue weighted by Crippen LogP contribution is -2.19. The third-order valence-corrected chi connectivity index (χ3v) is 4.14. The van der Waals surface area contributed by atoms with Crippen LogP contribution in [0.25, 0.3) is 0 Å². The summed E-state index contributed by atoms with van der Waals surface area (Å²) in [4.78, 5) is 18.4. The van der Waals surface area contributed by atoms with Crippen LogP contribution in [-0.4, -0.2) is 24.5 Å². The molecular formula is C18H19ClF3N3O. The van der Waals surface area contributed by atoms with Gasteiger partial charge in [0.2, 0.25) is 0 Å². The maximum absolute atomic E-state index is 12.8. The number of nitrogens with zero attached hydrogens (tertiary/aromatic N) is 2. The summed E-state index contributed by atoms with van der Waals surface area (Å²) in [6.45, 7) is 2.96. The van der Waals surface area contributed by atoms with E-state index in [1.807, 2.05) is 11.9 Å². The first kappa shape index (κ1) is 20.0. The molecule has 4 nitrogen and oxygen atoms in total. The van der Waals surface area contributed by atoms with Crippen LogP contribution in [0.2, 0.25) is 5.02 Å². The molecule has 1 aromatic carbocycles. The Balaban J connectivity index is 2.13. The Morgan fingerprint density at radius 3 is 2.58 bits per heavy atom. The van der Waals surface area contributed by atoms with Gasteiger partial charge >= 0.3 is 6.18 Å². The van der Waals surface area contributed by atoms with Gasteiger partial charge in [0, 0.05) is 13.6 Å². The van der Waals surface area contributed by atoms with Crippen LogP contribution in [0.15, 0.2) is 36.5 Å². The van der Waals surface area contributed by atoms with Crippen molar-refractivity contribution in [2.45, 2.75) is 25.9 Å². The molecule has 0 radical (unpaired) electrons. The number of nitrogens with one attached hydrogen (secondary N) is 1. The first-order valence-corrected chi connectivity index (χ1v) is 8.45. The van der Waals surface area contributed by atoms with E-state index in [9.17, 15) is 18.0 Å². The highest BCUT2D eigenvalue weighted by atomic mass is 35.5. The number of halogens is 4. The van der Waals surface area contributed by atoms with Gasteiger partial charge in [-0.15, -0.1) is 0 Å². The zero-order valence-corrected chi connectivity index (χ0v) is 15.2. The minimum absolute atomic E-state index is 0.0160. The van der Waals surface area contributed by atoms with Gasteiger partial charge in [0.05, 0.1) is 28.2 Å². The minimum Gasteiger partial charge on any atom is -0.373 e. The van der Waals surface area contributed by atoms with Crippen LogP contribution in [0.4, 0.5) is 24.5 Å². The zero-order valence-electron chi connectivity index (χ0n) is 14.4. The largest absolute Gasteiger partial charge is 0.416 e. The highest BCUT2D eigenvalue weighted by molar-refractivity contribution is 6.33. The van der Waals surface area contributed by atoms with E-state index in [0.717, 1.165) is 43.3 Å². The molecule has 0 spiro atoms. The third-order valence-electron chi connectivity index (χ3n) is 3.81. The van der Waals surface area contributed by atoms with Crippen LogP contribution >= 0.6 is 11.6 Å². The molecule has 26 heavy (non-hydrogen) atoms. The van der Waals surface area contributed by atoms with Crippen molar-refractivity contribution in [2.75, 3.05) is 23.8 Å². The Morgan fingerprint density at radius 1 is 1.27 bits per heavy atom. The number of benzene rings is 1. The highest BCUT2D eigenvalue weighted by Crippen LogP contribution is 2.33. The molecule has 1 amide bonds. The van der Waals surface area contributed by atoms with Crippen molar-refractivity contribution in [3.8, 4) is 0 Å². The summed E-state index contributed by atoms with van der Waals surface area (Å²) >= 11 is 5.88. The van der Waals surface area contributed by atoms with Crippen LogP contribution in [0.5, 0.6) is 0 Å². The second-order valence-electron chi connectivity index (χ2n) is 5.82. The molecule has 0 atom stereocenters. The van der Waals surface area contributed by atoms with Crippen molar-refractivity contribution in [1.29, 1.82) is 0 Å². The van der Waals surface area contributed by atoms with E-state index in [0.29, 0.717) is 0 Å². The smallest absolute Gasteiger partial charge is 0.373 e. The summed E-state index contributed by atoms with van der Waals surface area (Å²) in [5.74, 6) is -0.631. The van der Waals surface area contributed by atoms with E-state index >= 15 is 0 Å². The van der Waals surface area contributed by atoms with Gasteiger partial charge in [-0.2, -0.15) is 13.2 Å². The normalized spacial score (nSPS) is 11.3. The monoisotopic (exact) mass is 385 g/mol. The first-order valence-electron chi connectivity index (χ1n) is 8.07. The Morgan fingerprint density at radius 2 is 2.00 bits per heavy atom. The zero-order chi connectivity index (χ0) is 19.3. The van der Waals surface area contributed by atoms with E-state index in [-0.39, 0.29) is 16.4 Å². The molecule has 0 aliphatic carbocycles. The van der Waals surface area contributed by atoms with E-state index in [1.165, 1.54) is 6.07 Å². The quantitative estimate of drug-likeness (QED) is 0.739. The number of carbonyl (C=O) groups excluding carboxylic acids is 1. The fourth-order valence-electron chi connectivity index (χ4n) is 2.25. The second-order valence-corrected chi connectivity index (χ2v) is 6.23. The van der Waals surface area contributed by atoms with Gasteiger partial charge in [-0.1, -0.05) is 24.9 Å². The molecule has 2 aromatic rings. The molecule has 0 saturated carbocycles. The molecule has 1 heterocycles. The molecule has 0 fully saturated rings. The minimum atomic E-state index is -4.52. The molecule has 0 bridgehead atoms. The van der Waals surface area contributed by atoms with Crippen LogP contribution < -0.4 is 10.2 Å². The van der Waals surface area contributed by atoms with Crippen molar-refractivity contribution >= 4 is 28.9 Å². The summed E-state index contributed by atoms with van der Waals surface area (Å²) < 4.78 is 38.4. The lowest BCUT2D eigenvalue weighted by atomic mass is 10.2. The van der Waals surface area contributed by atoms with Crippen molar-refractivity contribution in [3.05, 3.63) is 52.8 Å². The van der Waals surface area contributed by atoms with Gasteiger partial charge < -0.3 is 10.2 Å². The summed E-state index contributed by atoms with van der Waals surface area (Å²) in [5.41, 5.74) is -0.0614. The van der Waals surface area contributed by atoms with Crippen LogP contribution in [0, 0.1) is 0 Å². The van der Waals surface area contributed by atoms with Crippen molar-refractivity contribution in [3.63, 3.8) is 0 Å². The fourth-order valence-corrected chi connectivity index (χ4v) is 2.42. The standard InChI is InChI=1S/C18H19ClF3N3O/c1-3-4-9-25(2)13-6-8-15(23-11-13)17(26)24-16-10-12(18(20,21)22)5-7-14(16)19/h5-8,10-11H,3-4,9H2,1-2H3,(H,24,26). The summed E-state index contributed by atoms with van der Waals surface area (Å²) in [7, 11) is 1.93. The van der Waals surface area contributed by atoms with Crippen LogP contribution in [0.1, 0.15) is 35.8 Å². The maximum Gasteiger partial charge on any atom is 0.416 e. The molecule has 0 aliphatic heterocycles. The van der Waals surface area contributed by atoms with Crippen molar-refractivity contribution in [1.82, 2.24) is 4.98 Å². The van der Waals surface area contributed by atoms with Crippen LogP contribution in [0.3, 0.4) is 0 Å². The van der Waals surface area contributed by atoms with E-state index in [2.05, 4.69) is 17.2 Å². The molecule has 1 aromatic heterocycles. The third kappa shape index (κ3) is 5.11. The fraction of sp³-hybridized carbons (Fsp3) is 0.333. The Hall–Kier alpha value is -2.28. The number of hydrogen-bond acceptors (Lipinski definition) is 3. The van der Waals surface area contributed by atoms with Gasteiger partial charge in [-0.3, -0.25) is 4.79 Å². The van der Waals surface area contributed by atoms with E-state index in [1.54, 1.807) is 12.3 Å². The number of amides is 1. The molecule has 140 valence electrons. The molecule has 8 heteroatoms. The van der Waals surface area contributed by atoms with E-state index in [4.69, 9.17) is 11.6 Å². The Labute approximate surface area is 155 Å². The van der Waals surface area contributed by atoms with Crippen molar-refractivity contribution in [2.24, 2.45) is 0 Å². The number of hydrogen-bond donors (Lipinski definition) is 1. The number of rotatable bonds is 6. The maximum atomic E-state index is 12.8. The Bertz CT molecular complexity index is 763. The second kappa shape index (κ2) is 8.40. The average molecular weight is 386 g/mol. The predicted octanol–water partition coefficient (Wildman–Crippen LogP) is 5.24. The summed E-state index contributed by atoms with van der Waals surface area (Å²) in [6.07, 6.45) is -0.867. The number of carbonyl (C=O) groups is 1. The lowest BCUT2D eigenvalue weighted by molar-refractivity contribution is -0.137. The van der Waals surface area contributed by atoms with Gasteiger partial charge in [-0.25, -0.2) is 4.98 Å². The number of aromatic nitrogens is 1. The topological polar surface area (TPSA) is 45.2 Å². The van der Waals surface area contributed by atoms with Gasteiger partial charge in [-0.05, 0) is 36.8 Å². The Kier molecular flexibility index (Phi) is 6.47. The van der Waals surface area contributed by atoms with Crippen LogP contribution in [-0.2, 0) is 6.18 Å². The molecule has 0 unspecified atom stereocenters. The first-order chi connectivity index (χ1) is 12.2. The molecule has 0 aliphatic rings. The molecular weight excluding hydrogens is 367 g/mol. The van der Waals surface area contributed by atoms with Gasteiger partial charge in [0.25, 0.3) is 5.91 Å². The van der Waals surface area contributed by atoms with Gasteiger partial charge in [0.15, 0.2) is 0 Å². The molecule has 0 saturated heterocycles. The van der Waals surface area contributed by atoms with E-state index < -0.39 is 17.6 Å². The lowest BCUT2D eigenvalue weighted by Gasteiger charge is -2.18. The number of anilines is 2. The average Bonchev–Trinajstić information content (AvgIpc) is 2.60. The number of pyridine rings is 1. The number of unbranched alkanes of at least 4 members (excludes halogenated alkanes) is 1. The number of alkyl halides is 3. The van der Waals surface area contributed by atoms with Gasteiger partial charge in [0.1, 0.15) is 5.69 Å². The molecule has 1 N–H and O–H groups in total. The van der Waals surface area contributed by atoms with Crippen molar-refractivity contribution < 1.29 is 18.0 Å².